The van der Waals surface area contributed by atoms with Crippen LogP contribution in [0.15, 0.2) is 34.7 Å². The first kappa shape index (κ1) is 9.65. The van der Waals surface area contributed by atoms with Gasteiger partial charge in [0.2, 0.25) is 0 Å². The van der Waals surface area contributed by atoms with Gasteiger partial charge < -0.3 is 9.21 Å². The van der Waals surface area contributed by atoms with Crippen molar-refractivity contribution in [3.8, 4) is 0 Å². The van der Waals surface area contributed by atoms with Crippen LogP contribution < -0.4 is 0 Å². The van der Waals surface area contributed by atoms with Crippen LogP contribution in [-0.4, -0.2) is 12.1 Å². The molecule has 0 aliphatic carbocycles. The Morgan fingerprint density at radius 3 is 2.87 bits per heavy atom. The predicted molar refractivity (Wildman–Crippen MR) is 55.6 cm³/mol. The Balaban J connectivity index is 2.22. The molecule has 0 spiro atoms. The highest BCUT2D eigenvalue weighted by Crippen LogP contribution is 2.19. The predicted octanol–water partition coefficient (Wildman–Crippen LogP) is 2.13. The molecule has 3 heteroatoms. The lowest BCUT2D eigenvalue weighted by Gasteiger charge is -1.90. The number of carbonyl (C=O) groups is 2. The third-order valence-corrected chi connectivity index (χ3v) is 2.16. The van der Waals surface area contributed by atoms with Crippen molar-refractivity contribution in [1.29, 1.82) is 0 Å². The molecule has 1 heterocycles. The van der Waals surface area contributed by atoms with Crippen molar-refractivity contribution in [2.75, 3.05) is 0 Å². The zero-order valence-corrected chi connectivity index (χ0v) is 8.10. The molecular weight excluding hydrogens is 192 g/mol. The number of Topliss-reactive ketones (excluding diaryl/α,β-unsaturated/α-hetero) is 1. The second-order valence-corrected chi connectivity index (χ2v) is 3.34. The summed E-state index contributed by atoms with van der Waals surface area (Å²) in [6.07, 6.45) is 0.759. The zero-order valence-electron chi connectivity index (χ0n) is 8.10. The zero-order chi connectivity index (χ0) is 10.7. The highest BCUT2D eigenvalue weighted by atomic mass is 16.3. The average molecular weight is 202 g/mol. The number of benzene rings is 1. The van der Waals surface area contributed by atoms with E-state index >= 15 is 0 Å². The van der Waals surface area contributed by atoms with Crippen LogP contribution in [0.4, 0.5) is 0 Å². The Bertz CT molecular complexity index is 463. The number of fused-ring (bicyclic) bond motifs is 1. The van der Waals surface area contributed by atoms with Crippen molar-refractivity contribution in [1.82, 2.24) is 0 Å². The number of hydrogen-bond acceptors (Lipinski definition) is 3. The molecule has 0 bridgehead atoms. The van der Waals surface area contributed by atoms with E-state index < -0.39 is 0 Å². The van der Waals surface area contributed by atoms with Crippen LogP contribution in [0.3, 0.4) is 0 Å². The molecule has 0 radical (unpaired) electrons. The van der Waals surface area contributed by atoms with E-state index in [9.17, 15) is 9.59 Å². The lowest BCUT2D eigenvalue weighted by Crippen LogP contribution is -2.01. The van der Waals surface area contributed by atoms with Gasteiger partial charge in [-0.05, 0) is 12.1 Å². The smallest absolute Gasteiger partial charge is 0.147 e. The first-order valence-corrected chi connectivity index (χ1v) is 4.72. The molecule has 0 aliphatic rings. The number of carbonyl (C=O) groups excluding carboxylic acids is 2. The van der Waals surface area contributed by atoms with E-state index in [0.29, 0.717) is 12.0 Å². The molecule has 0 amide bonds. The van der Waals surface area contributed by atoms with E-state index in [1.54, 1.807) is 0 Å². The van der Waals surface area contributed by atoms with Crippen LogP contribution in [0.25, 0.3) is 11.0 Å². The monoisotopic (exact) mass is 202 g/mol. The van der Waals surface area contributed by atoms with Gasteiger partial charge in [0.25, 0.3) is 0 Å². The third kappa shape index (κ3) is 2.13. The van der Waals surface area contributed by atoms with Crippen LogP contribution in [0.1, 0.15) is 12.2 Å². The van der Waals surface area contributed by atoms with Crippen molar-refractivity contribution in [3.05, 3.63) is 36.1 Å². The van der Waals surface area contributed by atoms with Gasteiger partial charge in [0.15, 0.2) is 0 Å². The molecule has 0 fully saturated rings. The summed E-state index contributed by atoms with van der Waals surface area (Å²) >= 11 is 0. The molecule has 1 aromatic heterocycles. The molecule has 0 unspecified atom stereocenters. The van der Waals surface area contributed by atoms with Gasteiger partial charge in [-0.2, -0.15) is 0 Å². The summed E-state index contributed by atoms with van der Waals surface area (Å²) in [6.45, 7) is 0. The van der Waals surface area contributed by atoms with Gasteiger partial charge in [0.1, 0.15) is 23.4 Å². The fourth-order valence-corrected chi connectivity index (χ4v) is 1.48. The number of aldehydes is 1. The van der Waals surface area contributed by atoms with Crippen molar-refractivity contribution in [2.45, 2.75) is 12.8 Å². The Morgan fingerprint density at radius 1 is 1.33 bits per heavy atom. The summed E-state index contributed by atoms with van der Waals surface area (Å²) in [5.41, 5.74) is 0.770. The number of furan rings is 1. The molecule has 76 valence electrons. The van der Waals surface area contributed by atoms with Crippen molar-refractivity contribution < 1.29 is 14.0 Å². The minimum absolute atomic E-state index is 0.0446. The molecule has 2 rings (SSSR count). The Kier molecular flexibility index (Phi) is 2.63. The molecule has 2 aromatic rings. The molecule has 0 saturated carbocycles. The van der Waals surface area contributed by atoms with E-state index in [-0.39, 0.29) is 18.6 Å². The maximum Gasteiger partial charge on any atom is 0.147 e. The topological polar surface area (TPSA) is 47.3 Å². The minimum Gasteiger partial charge on any atom is -0.461 e. The van der Waals surface area contributed by atoms with Gasteiger partial charge in [-0.15, -0.1) is 0 Å². The maximum atomic E-state index is 11.2. The second-order valence-electron chi connectivity index (χ2n) is 3.34. The molecule has 0 atom stereocenters. The third-order valence-electron chi connectivity index (χ3n) is 2.16. The Labute approximate surface area is 86.7 Å². The summed E-state index contributed by atoms with van der Waals surface area (Å²) in [7, 11) is 0. The van der Waals surface area contributed by atoms with Crippen LogP contribution >= 0.6 is 0 Å². The number of hydrogen-bond donors (Lipinski definition) is 0. The van der Waals surface area contributed by atoms with Crippen LogP contribution in [0, 0.1) is 0 Å². The van der Waals surface area contributed by atoms with E-state index in [1.165, 1.54) is 0 Å². The Hall–Kier alpha value is -1.90. The SMILES string of the molecule is O=CCC(=O)Cc1cc2ccccc2o1. The van der Waals surface area contributed by atoms with Gasteiger partial charge in [-0.1, -0.05) is 18.2 Å². The first-order chi connectivity index (χ1) is 7.29. The molecule has 3 nitrogen and oxygen atoms in total. The highest BCUT2D eigenvalue weighted by molar-refractivity contribution is 5.91. The summed E-state index contributed by atoms with van der Waals surface area (Å²) in [5, 5.41) is 0.978. The summed E-state index contributed by atoms with van der Waals surface area (Å²) in [4.78, 5) is 21.3. The fourth-order valence-electron chi connectivity index (χ4n) is 1.48. The standard InChI is InChI=1S/C12H10O3/c13-6-5-10(14)8-11-7-9-3-1-2-4-12(9)15-11/h1-4,6-7H,5,8H2. The van der Waals surface area contributed by atoms with Gasteiger partial charge in [0, 0.05) is 5.39 Å². The quantitative estimate of drug-likeness (QED) is 0.563. The molecular formula is C12H10O3. The number of para-hydroxylation sites is 1. The van der Waals surface area contributed by atoms with Gasteiger partial charge in [0.05, 0.1) is 12.8 Å². The largest absolute Gasteiger partial charge is 0.461 e. The van der Waals surface area contributed by atoms with E-state index in [2.05, 4.69) is 0 Å². The molecule has 1 aromatic carbocycles. The molecule has 0 aliphatic heterocycles. The van der Waals surface area contributed by atoms with Gasteiger partial charge in [-0.3, -0.25) is 4.79 Å². The molecule has 0 N–H and O–H groups in total. The van der Waals surface area contributed by atoms with E-state index in [1.807, 2.05) is 30.3 Å². The summed E-state index contributed by atoms with van der Waals surface area (Å²) < 4.78 is 5.45. The van der Waals surface area contributed by atoms with Crippen molar-refractivity contribution in [3.63, 3.8) is 0 Å². The van der Waals surface area contributed by atoms with E-state index in [4.69, 9.17) is 4.42 Å². The summed E-state index contributed by atoms with van der Waals surface area (Å²) in [5.74, 6) is 0.493. The van der Waals surface area contributed by atoms with Crippen LogP contribution in [0.2, 0.25) is 0 Å². The molecule has 0 saturated heterocycles. The number of ketones is 1. The Morgan fingerprint density at radius 2 is 2.13 bits per heavy atom. The maximum absolute atomic E-state index is 11.2. The normalized spacial score (nSPS) is 10.4. The summed E-state index contributed by atoms with van der Waals surface area (Å²) in [6, 6.07) is 9.39. The van der Waals surface area contributed by atoms with E-state index in [0.717, 1.165) is 11.0 Å². The van der Waals surface area contributed by atoms with Crippen molar-refractivity contribution >= 4 is 23.0 Å². The van der Waals surface area contributed by atoms with Crippen molar-refractivity contribution in [2.24, 2.45) is 0 Å². The second kappa shape index (κ2) is 4.09. The lowest BCUT2D eigenvalue weighted by atomic mass is 10.2. The van der Waals surface area contributed by atoms with Gasteiger partial charge >= 0.3 is 0 Å². The first-order valence-electron chi connectivity index (χ1n) is 4.72. The molecule has 15 heavy (non-hydrogen) atoms. The van der Waals surface area contributed by atoms with Gasteiger partial charge in [-0.25, -0.2) is 0 Å². The lowest BCUT2D eigenvalue weighted by molar-refractivity contribution is -0.121. The highest BCUT2D eigenvalue weighted by Gasteiger charge is 2.07. The fraction of sp³-hybridized carbons (Fsp3) is 0.167. The minimum atomic E-state index is -0.121. The average Bonchev–Trinajstić information content (AvgIpc) is 2.59. The van der Waals surface area contributed by atoms with Crippen LogP contribution in [-0.2, 0) is 16.0 Å². The number of rotatable bonds is 4. The van der Waals surface area contributed by atoms with Crippen LogP contribution in [0.5, 0.6) is 0 Å².